The van der Waals surface area contributed by atoms with Gasteiger partial charge < -0.3 is 19.3 Å². The number of carboxylic acid groups (broad SMARTS) is 1. The quantitative estimate of drug-likeness (QED) is 0.171. The number of hydrogen-bond donors (Lipinski definition) is 1. The van der Waals surface area contributed by atoms with E-state index in [1.54, 1.807) is 0 Å². The first-order chi connectivity index (χ1) is 17.5. The second kappa shape index (κ2) is 13.3. The average Bonchev–Trinajstić information content (AvgIpc) is 3.26. The molecule has 0 bridgehead atoms. The van der Waals surface area contributed by atoms with Crippen molar-refractivity contribution in [1.82, 2.24) is 0 Å². The summed E-state index contributed by atoms with van der Waals surface area (Å²) >= 11 is 0. The van der Waals surface area contributed by atoms with Crippen molar-refractivity contribution < 1.29 is 28.9 Å². The van der Waals surface area contributed by atoms with Gasteiger partial charge in [-0.05, 0) is 48.8 Å². The van der Waals surface area contributed by atoms with Gasteiger partial charge in [0.15, 0.2) is 11.5 Å². The van der Waals surface area contributed by atoms with Crippen LogP contribution in [0.3, 0.4) is 0 Å². The maximum atomic E-state index is 13.0. The number of hydrogen-bond acceptors (Lipinski definition) is 5. The second-order valence-corrected chi connectivity index (χ2v) is 9.32. The largest absolute Gasteiger partial charge is 0.489 e. The van der Waals surface area contributed by atoms with Crippen molar-refractivity contribution >= 4 is 11.8 Å². The van der Waals surface area contributed by atoms with Gasteiger partial charge in [0.05, 0.1) is 25.7 Å². The number of fused-ring (bicyclic) bond motifs is 3. The topological polar surface area (TPSA) is 82.1 Å². The molecule has 1 aliphatic carbocycles. The number of carbonyl (C=O) groups excluding carboxylic acids is 1. The van der Waals surface area contributed by atoms with Crippen molar-refractivity contribution in [3.05, 3.63) is 41.0 Å². The van der Waals surface area contributed by atoms with Crippen molar-refractivity contribution in [2.24, 2.45) is 0 Å². The molecule has 0 saturated heterocycles. The van der Waals surface area contributed by atoms with E-state index in [4.69, 9.17) is 14.2 Å². The Morgan fingerprint density at radius 3 is 1.94 bits per heavy atom. The third kappa shape index (κ3) is 5.85. The first-order valence-electron chi connectivity index (χ1n) is 13.5. The zero-order chi connectivity index (χ0) is 26.1. The van der Waals surface area contributed by atoms with Crippen LogP contribution in [0.1, 0.15) is 95.2 Å². The molecule has 0 heterocycles. The minimum atomic E-state index is -1.43. The lowest BCUT2D eigenvalue weighted by Gasteiger charge is -2.26. The minimum absolute atomic E-state index is 0.350. The van der Waals surface area contributed by atoms with E-state index < -0.39 is 17.7 Å². The monoisotopic (exact) mass is 496 g/mol. The van der Waals surface area contributed by atoms with Crippen LogP contribution in [-0.4, -0.2) is 36.7 Å². The highest BCUT2D eigenvalue weighted by atomic mass is 16.5. The molecule has 0 aromatic heterocycles. The van der Waals surface area contributed by atoms with E-state index >= 15 is 0 Å². The molecule has 0 spiro atoms. The van der Waals surface area contributed by atoms with Crippen molar-refractivity contribution in [3.63, 3.8) is 0 Å². The Morgan fingerprint density at radius 2 is 1.39 bits per heavy atom. The maximum absolute atomic E-state index is 13.0. The maximum Gasteiger partial charge on any atom is 0.372 e. The zero-order valence-electron chi connectivity index (χ0n) is 22.2. The summed E-state index contributed by atoms with van der Waals surface area (Å²) in [6.07, 6.45) is 6.44. The average molecular weight is 497 g/mol. The molecule has 0 radical (unpaired) electrons. The van der Waals surface area contributed by atoms with Gasteiger partial charge in [0, 0.05) is 11.1 Å². The lowest BCUT2D eigenvalue weighted by atomic mass is 9.85. The number of carboxylic acids is 1. The van der Waals surface area contributed by atoms with Crippen LogP contribution < -0.4 is 14.2 Å². The number of ether oxygens (including phenoxy) is 3. The van der Waals surface area contributed by atoms with Gasteiger partial charge in [-0.25, -0.2) is 4.79 Å². The van der Waals surface area contributed by atoms with Gasteiger partial charge in [-0.2, -0.15) is 0 Å². The fraction of sp³-hybridized carbons (Fsp3) is 0.533. The molecule has 1 aliphatic rings. The molecule has 0 aliphatic heterocycles. The molecule has 2 aromatic rings. The van der Waals surface area contributed by atoms with Gasteiger partial charge in [-0.15, -0.1) is 0 Å². The lowest BCUT2D eigenvalue weighted by Crippen LogP contribution is -2.23. The molecular formula is C30H40O6. The molecule has 0 fully saturated rings. The van der Waals surface area contributed by atoms with Crippen molar-refractivity contribution in [2.45, 2.75) is 85.0 Å². The highest BCUT2D eigenvalue weighted by Gasteiger charge is 2.38. The van der Waals surface area contributed by atoms with Gasteiger partial charge in [0.2, 0.25) is 11.5 Å². The van der Waals surface area contributed by atoms with Gasteiger partial charge in [0.25, 0.3) is 0 Å². The van der Waals surface area contributed by atoms with Crippen LogP contribution in [0.4, 0.5) is 0 Å². The van der Waals surface area contributed by atoms with E-state index in [-0.39, 0.29) is 0 Å². The van der Waals surface area contributed by atoms with Crippen LogP contribution in [0, 0.1) is 0 Å². The molecule has 1 N–H and O–H groups in total. The number of benzene rings is 2. The van der Waals surface area contributed by atoms with Crippen molar-refractivity contribution in [2.75, 3.05) is 19.8 Å². The van der Waals surface area contributed by atoms with Gasteiger partial charge in [-0.1, -0.05) is 71.2 Å². The Bertz CT molecular complexity index is 1060. The van der Waals surface area contributed by atoms with Crippen LogP contribution in [0.2, 0.25) is 0 Å². The smallest absolute Gasteiger partial charge is 0.372 e. The molecule has 0 saturated carbocycles. The molecule has 36 heavy (non-hydrogen) atoms. The number of Topliss-reactive ketones (excluding diaryl/α,β-unsaturated/α-hetero) is 1. The summed E-state index contributed by atoms with van der Waals surface area (Å²) in [7, 11) is 0. The van der Waals surface area contributed by atoms with Gasteiger partial charge >= 0.3 is 5.97 Å². The third-order valence-electron chi connectivity index (χ3n) is 6.68. The predicted octanol–water partition coefficient (Wildman–Crippen LogP) is 6.94. The first kappa shape index (κ1) is 27.6. The molecule has 0 amide bonds. The van der Waals surface area contributed by atoms with E-state index in [1.807, 2.05) is 19.1 Å². The van der Waals surface area contributed by atoms with E-state index in [2.05, 4.69) is 32.9 Å². The summed E-state index contributed by atoms with van der Waals surface area (Å²) in [5, 5.41) is 9.67. The van der Waals surface area contributed by atoms with Crippen LogP contribution in [-0.2, 0) is 16.0 Å². The van der Waals surface area contributed by atoms with E-state index in [0.717, 1.165) is 60.8 Å². The van der Waals surface area contributed by atoms with Crippen molar-refractivity contribution in [1.29, 1.82) is 0 Å². The fourth-order valence-electron chi connectivity index (χ4n) is 4.73. The standard InChI is InChI=1S/C30H40O6/c1-5-9-16-34-27-24(21(8-4)26(31)30(32)33)23-19-20-14-12-13-15-22(20)25(23)28(35-17-10-6-2)29(27)36-18-11-7-3/h12-15,21H,5-11,16-19H2,1-4H3,(H,32,33). The van der Waals surface area contributed by atoms with Crippen LogP contribution >= 0.6 is 0 Å². The zero-order valence-corrected chi connectivity index (χ0v) is 22.2. The Morgan fingerprint density at radius 1 is 0.833 bits per heavy atom. The molecule has 1 atom stereocenters. The molecule has 6 nitrogen and oxygen atoms in total. The highest BCUT2D eigenvalue weighted by molar-refractivity contribution is 6.35. The van der Waals surface area contributed by atoms with Crippen LogP contribution in [0.15, 0.2) is 24.3 Å². The van der Waals surface area contributed by atoms with E-state index in [9.17, 15) is 14.7 Å². The molecular weight excluding hydrogens is 456 g/mol. The summed E-state index contributed by atoms with van der Waals surface area (Å²) in [4.78, 5) is 24.8. The predicted molar refractivity (Wildman–Crippen MR) is 142 cm³/mol. The van der Waals surface area contributed by atoms with Crippen molar-refractivity contribution in [3.8, 4) is 28.4 Å². The number of aliphatic carboxylic acids is 1. The van der Waals surface area contributed by atoms with Gasteiger partial charge in [-0.3, -0.25) is 4.79 Å². The molecule has 196 valence electrons. The van der Waals surface area contributed by atoms with E-state index in [1.165, 1.54) is 0 Å². The van der Waals surface area contributed by atoms with Gasteiger partial charge in [0.1, 0.15) is 0 Å². The Kier molecular flexibility index (Phi) is 10.2. The Labute approximate surface area is 215 Å². The summed E-state index contributed by atoms with van der Waals surface area (Å²) in [6, 6.07) is 8.13. The summed E-state index contributed by atoms with van der Waals surface area (Å²) < 4.78 is 19.2. The summed E-state index contributed by atoms with van der Waals surface area (Å²) in [5.41, 5.74) is 4.62. The molecule has 6 heteroatoms. The third-order valence-corrected chi connectivity index (χ3v) is 6.68. The fourth-order valence-corrected chi connectivity index (χ4v) is 4.73. The van der Waals surface area contributed by atoms with Crippen LogP contribution in [0.5, 0.6) is 17.2 Å². The van der Waals surface area contributed by atoms with E-state index in [0.29, 0.717) is 55.5 Å². The number of ketones is 1. The molecule has 1 unspecified atom stereocenters. The highest BCUT2D eigenvalue weighted by Crippen LogP contribution is 2.56. The summed E-state index contributed by atoms with van der Waals surface area (Å²) in [6.45, 7) is 9.62. The Hall–Kier alpha value is -3.02. The number of rotatable bonds is 16. The lowest BCUT2D eigenvalue weighted by molar-refractivity contribution is -0.149. The second-order valence-electron chi connectivity index (χ2n) is 9.32. The SMILES string of the molecule is CCCCOc1c(OCCCC)c2c(c(C(CC)C(=O)C(=O)O)c1OCCCC)Cc1ccccc1-2. The minimum Gasteiger partial charge on any atom is -0.489 e. The van der Waals surface area contributed by atoms with Crippen LogP contribution in [0.25, 0.3) is 11.1 Å². The summed E-state index contributed by atoms with van der Waals surface area (Å²) in [5.74, 6) is -1.47. The first-order valence-corrected chi connectivity index (χ1v) is 13.5. The molecule has 3 rings (SSSR count). The number of carbonyl (C=O) groups is 2. The normalized spacial score (nSPS) is 12.6. The molecule has 2 aromatic carbocycles. The number of unbranched alkanes of at least 4 members (excludes halogenated alkanes) is 3. The Balaban J connectivity index is 2.34.